The van der Waals surface area contributed by atoms with Crippen LogP contribution in [0.4, 0.5) is 0 Å². The van der Waals surface area contributed by atoms with Crippen LogP contribution in [0, 0.1) is 12.8 Å². The quantitative estimate of drug-likeness (QED) is 0.751. The Morgan fingerprint density at radius 1 is 1.31 bits per heavy atom. The summed E-state index contributed by atoms with van der Waals surface area (Å²) in [7, 11) is 0. The summed E-state index contributed by atoms with van der Waals surface area (Å²) in [6.45, 7) is 2.79. The van der Waals surface area contributed by atoms with Crippen LogP contribution < -0.4 is 5.56 Å². The first-order valence-electron chi connectivity index (χ1n) is 5.85. The van der Waals surface area contributed by atoms with Crippen LogP contribution >= 0.6 is 0 Å². The van der Waals surface area contributed by atoms with Crippen molar-refractivity contribution in [2.75, 3.05) is 0 Å². The molecule has 82 valence electrons. The monoisotopic (exact) mass is 213 g/mol. The molecule has 1 aromatic carbocycles. The second-order valence-corrected chi connectivity index (χ2v) is 4.75. The van der Waals surface area contributed by atoms with E-state index in [2.05, 4.69) is 6.07 Å². The van der Waals surface area contributed by atoms with Gasteiger partial charge in [0.05, 0.1) is 5.52 Å². The molecule has 2 aromatic rings. The van der Waals surface area contributed by atoms with E-state index in [0.29, 0.717) is 0 Å². The van der Waals surface area contributed by atoms with Crippen LogP contribution in [0.1, 0.15) is 18.4 Å². The van der Waals surface area contributed by atoms with Gasteiger partial charge in [-0.2, -0.15) is 0 Å². The Labute approximate surface area is 94.5 Å². The van der Waals surface area contributed by atoms with Gasteiger partial charge in [0.15, 0.2) is 0 Å². The highest BCUT2D eigenvalue weighted by atomic mass is 16.1. The Bertz CT molecular complexity index is 593. The van der Waals surface area contributed by atoms with E-state index in [0.717, 1.165) is 23.5 Å². The molecule has 1 aliphatic rings. The first kappa shape index (κ1) is 9.64. The van der Waals surface area contributed by atoms with Crippen LogP contribution in [-0.4, -0.2) is 4.57 Å². The fraction of sp³-hybridized carbons (Fsp3) is 0.357. The maximum absolute atomic E-state index is 12.1. The zero-order valence-corrected chi connectivity index (χ0v) is 9.44. The minimum atomic E-state index is 0.172. The summed E-state index contributed by atoms with van der Waals surface area (Å²) in [6.07, 6.45) is 2.55. The maximum atomic E-state index is 12.1. The second kappa shape index (κ2) is 3.48. The van der Waals surface area contributed by atoms with E-state index in [9.17, 15) is 4.79 Å². The van der Waals surface area contributed by atoms with E-state index in [1.54, 1.807) is 0 Å². The number of fused-ring (bicyclic) bond motifs is 1. The molecule has 1 saturated carbocycles. The largest absolute Gasteiger partial charge is 0.308 e. The number of hydrogen-bond donors (Lipinski definition) is 0. The van der Waals surface area contributed by atoms with E-state index in [4.69, 9.17) is 0 Å². The molecule has 0 aliphatic heterocycles. The number of nitrogens with zero attached hydrogens (tertiary/aromatic N) is 1. The first-order chi connectivity index (χ1) is 7.75. The van der Waals surface area contributed by atoms with E-state index < -0.39 is 0 Å². The molecule has 3 rings (SSSR count). The van der Waals surface area contributed by atoms with E-state index in [-0.39, 0.29) is 5.56 Å². The third-order valence-electron chi connectivity index (χ3n) is 3.32. The number of aromatic nitrogens is 1. The summed E-state index contributed by atoms with van der Waals surface area (Å²) in [5.74, 6) is 0.725. The minimum absolute atomic E-state index is 0.172. The molecule has 1 aliphatic carbocycles. The summed E-state index contributed by atoms with van der Waals surface area (Å²) in [5.41, 5.74) is 2.09. The number of aryl methyl sites for hydroxylation is 1. The molecule has 16 heavy (non-hydrogen) atoms. The first-order valence-corrected chi connectivity index (χ1v) is 5.85. The van der Waals surface area contributed by atoms with Crippen molar-refractivity contribution in [1.82, 2.24) is 4.57 Å². The van der Waals surface area contributed by atoms with Gasteiger partial charge in [0, 0.05) is 12.1 Å². The standard InChI is InChI=1S/C14H15NO/c1-10-8-12-4-2-3-5-13(12)15(14(10)16)9-11-6-7-11/h2-5,8,11H,6-7,9H2,1H3. The second-order valence-electron chi connectivity index (χ2n) is 4.75. The zero-order chi connectivity index (χ0) is 11.1. The molecule has 0 saturated heterocycles. The Hall–Kier alpha value is -1.57. The molecule has 0 radical (unpaired) electrons. The number of pyridine rings is 1. The lowest BCUT2D eigenvalue weighted by Gasteiger charge is -2.10. The molecule has 0 amide bonds. The van der Waals surface area contributed by atoms with Gasteiger partial charge in [0.1, 0.15) is 0 Å². The summed E-state index contributed by atoms with van der Waals surface area (Å²) in [4.78, 5) is 12.1. The van der Waals surface area contributed by atoms with Gasteiger partial charge in [-0.15, -0.1) is 0 Å². The van der Waals surface area contributed by atoms with Crippen molar-refractivity contribution in [3.8, 4) is 0 Å². The third kappa shape index (κ3) is 1.54. The zero-order valence-electron chi connectivity index (χ0n) is 9.44. The van der Waals surface area contributed by atoms with Crippen LogP contribution in [0.25, 0.3) is 10.9 Å². The number of rotatable bonds is 2. The summed E-state index contributed by atoms with van der Waals surface area (Å²) >= 11 is 0. The van der Waals surface area contributed by atoms with Crippen molar-refractivity contribution in [3.05, 3.63) is 46.2 Å². The Balaban J connectivity index is 2.27. The van der Waals surface area contributed by atoms with Gasteiger partial charge < -0.3 is 4.57 Å². The normalized spacial score (nSPS) is 15.6. The van der Waals surface area contributed by atoms with Crippen LogP contribution in [0.2, 0.25) is 0 Å². The molecule has 2 nitrogen and oxygen atoms in total. The van der Waals surface area contributed by atoms with Gasteiger partial charge in [0.2, 0.25) is 0 Å². The fourth-order valence-electron chi connectivity index (χ4n) is 2.21. The lowest BCUT2D eigenvalue weighted by atomic mass is 10.1. The molecule has 1 heterocycles. The fourth-order valence-corrected chi connectivity index (χ4v) is 2.21. The van der Waals surface area contributed by atoms with Gasteiger partial charge in [-0.05, 0) is 43.2 Å². The molecule has 0 atom stereocenters. The van der Waals surface area contributed by atoms with Crippen LogP contribution in [0.5, 0.6) is 0 Å². The van der Waals surface area contributed by atoms with Crippen molar-refractivity contribution in [2.45, 2.75) is 26.3 Å². The van der Waals surface area contributed by atoms with E-state index in [1.165, 1.54) is 18.2 Å². The van der Waals surface area contributed by atoms with Crippen LogP contribution in [0.3, 0.4) is 0 Å². The number of para-hydroxylation sites is 1. The van der Waals surface area contributed by atoms with Gasteiger partial charge in [-0.25, -0.2) is 0 Å². The van der Waals surface area contributed by atoms with Crippen molar-refractivity contribution >= 4 is 10.9 Å². The summed E-state index contributed by atoms with van der Waals surface area (Å²) < 4.78 is 1.95. The lowest BCUT2D eigenvalue weighted by Crippen LogP contribution is -2.23. The molecule has 1 fully saturated rings. The molecular weight excluding hydrogens is 198 g/mol. The van der Waals surface area contributed by atoms with E-state index in [1.807, 2.05) is 35.8 Å². The Morgan fingerprint density at radius 2 is 2.06 bits per heavy atom. The molecule has 2 heteroatoms. The lowest BCUT2D eigenvalue weighted by molar-refractivity contribution is 0.624. The topological polar surface area (TPSA) is 22.0 Å². The average molecular weight is 213 g/mol. The Morgan fingerprint density at radius 3 is 2.81 bits per heavy atom. The molecule has 0 spiro atoms. The summed E-state index contributed by atoms with van der Waals surface area (Å²) in [5, 5.41) is 1.17. The van der Waals surface area contributed by atoms with Crippen LogP contribution in [-0.2, 0) is 6.54 Å². The molecule has 0 bridgehead atoms. The highest BCUT2D eigenvalue weighted by Gasteiger charge is 2.23. The average Bonchev–Trinajstić information content (AvgIpc) is 3.08. The van der Waals surface area contributed by atoms with Gasteiger partial charge in [0.25, 0.3) is 5.56 Å². The van der Waals surface area contributed by atoms with E-state index >= 15 is 0 Å². The predicted octanol–water partition coefficient (Wildman–Crippen LogP) is 2.72. The van der Waals surface area contributed by atoms with Crippen molar-refractivity contribution in [3.63, 3.8) is 0 Å². The van der Waals surface area contributed by atoms with Gasteiger partial charge in [-0.1, -0.05) is 18.2 Å². The van der Waals surface area contributed by atoms with Crippen LogP contribution in [0.15, 0.2) is 35.1 Å². The van der Waals surface area contributed by atoms with Gasteiger partial charge in [-0.3, -0.25) is 4.79 Å². The molecular formula is C14H15NO. The molecule has 0 unspecified atom stereocenters. The third-order valence-corrected chi connectivity index (χ3v) is 3.32. The van der Waals surface area contributed by atoms with Crippen molar-refractivity contribution < 1.29 is 0 Å². The van der Waals surface area contributed by atoms with Crippen molar-refractivity contribution in [2.24, 2.45) is 5.92 Å². The number of benzene rings is 1. The smallest absolute Gasteiger partial charge is 0.253 e. The molecule has 0 N–H and O–H groups in total. The molecule has 1 aromatic heterocycles. The van der Waals surface area contributed by atoms with Gasteiger partial charge >= 0.3 is 0 Å². The minimum Gasteiger partial charge on any atom is -0.308 e. The highest BCUT2D eigenvalue weighted by Crippen LogP contribution is 2.31. The highest BCUT2D eigenvalue weighted by molar-refractivity contribution is 5.79. The Kier molecular flexibility index (Phi) is 2.10. The van der Waals surface area contributed by atoms with Crippen molar-refractivity contribution in [1.29, 1.82) is 0 Å². The predicted molar refractivity (Wildman–Crippen MR) is 65.7 cm³/mol. The number of hydrogen-bond acceptors (Lipinski definition) is 1. The summed E-state index contributed by atoms with van der Waals surface area (Å²) in [6, 6.07) is 10.1. The maximum Gasteiger partial charge on any atom is 0.253 e. The SMILES string of the molecule is Cc1cc2ccccc2n(CC2CC2)c1=O.